The van der Waals surface area contributed by atoms with Gasteiger partial charge >= 0.3 is 5.97 Å². The zero-order valence-electron chi connectivity index (χ0n) is 9.40. The summed E-state index contributed by atoms with van der Waals surface area (Å²) in [4.78, 5) is 22.5. The highest BCUT2D eigenvalue weighted by Gasteiger charge is 2.20. The zero-order valence-corrected chi connectivity index (χ0v) is 12.6. The van der Waals surface area contributed by atoms with Crippen LogP contribution in [0.25, 0.3) is 0 Å². The molecule has 0 heterocycles. The minimum absolute atomic E-state index is 0.0227. The van der Waals surface area contributed by atoms with Crippen LogP contribution in [-0.2, 0) is 10.1 Å². The first kappa shape index (κ1) is 15.3. The van der Waals surface area contributed by atoms with Gasteiger partial charge in [-0.05, 0) is 17.2 Å². The summed E-state index contributed by atoms with van der Waals surface area (Å²) in [5, 5.41) is 19.3. The first-order valence-electron chi connectivity index (χ1n) is 5.20. The molecule has 1 unspecified atom stereocenters. The molecule has 0 aliphatic rings. The number of carbonyl (C=O) groups is 2. The van der Waals surface area contributed by atoms with E-state index in [4.69, 9.17) is 5.11 Å². The van der Waals surface area contributed by atoms with Crippen LogP contribution >= 0.6 is 31.9 Å². The molecular weight excluding hydrogens is 368 g/mol. The Morgan fingerprint density at radius 1 is 1.28 bits per heavy atom. The van der Waals surface area contributed by atoms with E-state index in [2.05, 4.69) is 31.9 Å². The van der Waals surface area contributed by atoms with E-state index in [0.29, 0.717) is 33.8 Å². The van der Waals surface area contributed by atoms with Crippen molar-refractivity contribution in [2.45, 2.75) is 17.9 Å². The SMILES string of the molecule is O=C(CCBr)c1ccc(C(O)C(=O)O)c(CBr)c1. The second-order valence-corrected chi connectivity index (χ2v) is 5.00. The van der Waals surface area contributed by atoms with Crippen LogP contribution in [0.1, 0.15) is 34.0 Å². The molecule has 0 aromatic heterocycles. The maximum absolute atomic E-state index is 11.7. The lowest BCUT2D eigenvalue weighted by atomic mass is 9.98. The number of carbonyl (C=O) groups excluding carboxylic acids is 1. The summed E-state index contributed by atoms with van der Waals surface area (Å²) in [6.45, 7) is 0. The van der Waals surface area contributed by atoms with Crippen molar-refractivity contribution in [3.05, 3.63) is 34.9 Å². The van der Waals surface area contributed by atoms with Gasteiger partial charge in [0.15, 0.2) is 11.9 Å². The maximum Gasteiger partial charge on any atom is 0.337 e. The summed E-state index contributed by atoms with van der Waals surface area (Å²) in [7, 11) is 0. The van der Waals surface area contributed by atoms with E-state index in [0.717, 1.165) is 0 Å². The van der Waals surface area contributed by atoms with Gasteiger partial charge in [0, 0.05) is 22.6 Å². The summed E-state index contributed by atoms with van der Waals surface area (Å²) in [5.74, 6) is -1.33. The highest BCUT2D eigenvalue weighted by atomic mass is 79.9. The number of rotatable bonds is 6. The molecule has 0 aliphatic heterocycles. The van der Waals surface area contributed by atoms with Gasteiger partial charge in [0.1, 0.15) is 0 Å². The smallest absolute Gasteiger partial charge is 0.337 e. The fourth-order valence-electron chi connectivity index (χ4n) is 1.52. The lowest BCUT2D eigenvalue weighted by Gasteiger charge is -2.12. The Hall–Kier alpha value is -0.720. The number of aliphatic hydroxyl groups excluding tert-OH is 1. The lowest BCUT2D eigenvalue weighted by molar-refractivity contribution is -0.147. The summed E-state index contributed by atoms with van der Waals surface area (Å²) in [5.41, 5.74) is 1.42. The number of aliphatic hydroxyl groups is 1. The number of Topliss-reactive ketones (excluding diaryl/α,β-unsaturated/α-hetero) is 1. The third-order valence-electron chi connectivity index (χ3n) is 2.46. The van der Waals surface area contributed by atoms with Crippen LogP contribution in [0.4, 0.5) is 0 Å². The molecule has 98 valence electrons. The number of hydrogen-bond acceptors (Lipinski definition) is 3. The number of halogens is 2. The van der Waals surface area contributed by atoms with Crippen LogP contribution in [0.2, 0.25) is 0 Å². The van der Waals surface area contributed by atoms with Crippen molar-refractivity contribution >= 4 is 43.6 Å². The molecule has 0 spiro atoms. The molecule has 0 saturated heterocycles. The fourth-order valence-corrected chi connectivity index (χ4v) is 2.37. The largest absolute Gasteiger partial charge is 0.479 e. The molecule has 1 rings (SSSR count). The Labute approximate surface area is 121 Å². The van der Waals surface area contributed by atoms with Gasteiger partial charge in [-0.3, -0.25) is 4.79 Å². The van der Waals surface area contributed by atoms with Crippen molar-refractivity contribution in [1.29, 1.82) is 0 Å². The van der Waals surface area contributed by atoms with Crippen molar-refractivity contribution in [2.24, 2.45) is 0 Å². The van der Waals surface area contributed by atoms with Gasteiger partial charge in [-0.25, -0.2) is 4.79 Å². The molecular formula is C12H12Br2O4. The van der Waals surface area contributed by atoms with Crippen molar-refractivity contribution in [3.8, 4) is 0 Å². The van der Waals surface area contributed by atoms with Crippen molar-refractivity contribution in [2.75, 3.05) is 5.33 Å². The maximum atomic E-state index is 11.7. The van der Waals surface area contributed by atoms with Crippen molar-refractivity contribution in [1.82, 2.24) is 0 Å². The first-order valence-corrected chi connectivity index (χ1v) is 7.44. The Morgan fingerprint density at radius 3 is 2.44 bits per heavy atom. The molecule has 0 amide bonds. The zero-order chi connectivity index (χ0) is 13.7. The van der Waals surface area contributed by atoms with E-state index in [1.807, 2.05) is 0 Å². The summed E-state index contributed by atoms with van der Waals surface area (Å²) >= 11 is 6.42. The quantitative estimate of drug-likeness (QED) is 0.588. The molecule has 0 saturated carbocycles. The minimum Gasteiger partial charge on any atom is -0.479 e. The molecule has 18 heavy (non-hydrogen) atoms. The highest BCUT2D eigenvalue weighted by molar-refractivity contribution is 9.09. The second-order valence-electron chi connectivity index (χ2n) is 3.65. The summed E-state index contributed by atoms with van der Waals surface area (Å²) in [6.07, 6.45) is -1.19. The van der Waals surface area contributed by atoms with Gasteiger partial charge in [-0.2, -0.15) is 0 Å². The topological polar surface area (TPSA) is 74.6 Å². The molecule has 0 fully saturated rings. The van der Waals surface area contributed by atoms with E-state index in [1.165, 1.54) is 6.07 Å². The second kappa shape index (κ2) is 7.01. The van der Waals surface area contributed by atoms with Crippen LogP contribution in [0.3, 0.4) is 0 Å². The van der Waals surface area contributed by atoms with Gasteiger partial charge in [-0.1, -0.05) is 44.0 Å². The molecule has 1 atom stereocenters. The molecule has 0 radical (unpaired) electrons. The van der Waals surface area contributed by atoms with Gasteiger partial charge in [0.2, 0.25) is 0 Å². The Morgan fingerprint density at radius 2 is 1.94 bits per heavy atom. The van der Waals surface area contributed by atoms with Crippen molar-refractivity contribution < 1.29 is 19.8 Å². The molecule has 0 bridgehead atoms. The van der Waals surface area contributed by atoms with Crippen LogP contribution < -0.4 is 0 Å². The van der Waals surface area contributed by atoms with Gasteiger partial charge in [-0.15, -0.1) is 0 Å². The molecule has 4 nitrogen and oxygen atoms in total. The van der Waals surface area contributed by atoms with Crippen LogP contribution in [0.15, 0.2) is 18.2 Å². The molecule has 2 N–H and O–H groups in total. The van der Waals surface area contributed by atoms with E-state index >= 15 is 0 Å². The number of ketones is 1. The summed E-state index contributed by atoms with van der Waals surface area (Å²) in [6, 6.07) is 4.64. The Kier molecular flexibility index (Phi) is 5.98. The number of benzene rings is 1. The average Bonchev–Trinajstić information content (AvgIpc) is 2.37. The van der Waals surface area contributed by atoms with Crippen LogP contribution in [0, 0.1) is 0 Å². The average molecular weight is 380 g/mol. The molecule has 1 aromatic carbocycles. The standard InChI is InChI=1S/C12H12Br2O4/c13-4-3-10(15)7-1-2-9(8(5-7)6-14)11(16)12(17)18/h1-2,5,11,16H,3-4,6H2,(H,17,18). The van der Waals surface area contributed by atoms with Crippen LogP contribution in [-0.4, -0.2) is 27.3 Å². The third-order valence-corrected chi connectivity index (χ3v) is 3.46. The fraction of sp³-hybridized carbons (Fsp3) is 0.333. The van der Waals surface area contributed by atoms with Crippen molar-refractivity contribution in [3.63, 3.8) is 0 Å². The number of alkyl halides is 2. The molecule has 0 aliphatic carbocycles. The summed E-state index contributed by atoms with van der Waals surface area (Å²) < 4.78 is 0. The Balaban J connectivity index is 3.11. The number of carboxylic acid groups (broad SMARTS) is 1. The lowest BCUT2D eigenvalue weighted by Crippen LogP contribution is -2.13. The van der Waals surface area contributed by atoms with E-state index in [1.54, 1.807) is 12.1 Å². The predicted octanol–water partition coefficient (Wildman–Crippen LogP) is 2.67. The first-order chi connectivity index (χ1) is 8.51. The Bertz CT molecular complexity index is 459. The van der Waals surface area contributed by atoms with Crippen LogP contribution in [0.5, 0.6) is 0 Å². The monoisotopic (exact) mass is 378 g/mol. The van der Waals surface area contributed by atoms with Gasteiger partial charge in [0.05, 0.1) is 0 Å². The van der Waals surface area contributed by atoms with E-state index in [9.17, 15) is 14.7 Å². The highest BCUT2D eigenvalue weighted by Crippen LogP contribution is 2.23. The van der Waals surface area contributed by atoms with E-state index < -0.39 is 12.1 Å². The van der Waals surface area contributed by atoms with Gasteiger partial charge in [0.25, 0.3) is 0 Å². The number of aliphatic carboxylic acids is 1. The normalized spacial score (nSPS) is 12.2. The van der Waals surface area contributed by atoms with Gasteiger partial charge < -0.3 is 10.2 Å². The van der Waals surface area contributed by atoms with E-state index in [-0.39, 0.29) is 5.78 Å². The number of carboxylic acids is 1. The third kappa shape index (κ3) is 3.63. The predicted molar refractivity (Wildman–Crippen MR) is 74.4 cm³/mol. The minimum atomic E-state index is -1.57. The number of hydrogen-bond donors (Lipinski definition) is 2. The molecule has 1 aromatic rings. The molecule has 6 heteroatoms.